The predicted molar refractivity (Wildman–Crippen MR) is 91.6 cm³/mol. The van der Waals surface area contributed by atoms with Crippen molar-refractivity contribution in [3.8, 4) is 0 Å². The van der Waals surface area contributed by atoms with Gasteiger partial charge in [0.15, 0.2) is 0 Å². The van der Waals surface area contributed by atoms with Gasteiger partial charge in [-0.25, -0.2) is 0 Å². The maximum atomic E-state index is 6.24. The third kappa shape index (κ3) is 3.61. The monoisotopic (exact) mass is 308 g/mol. The molecule has 1 aliphatic rings. The second kappa shape index (κ2) is 6.68. The van der Waals surface area contributed by atoms with Crippen LogP contribution >= 0.6 is 11.6 Å². The first-order valence-electron chi connectivity index (χ1n) is 8.06. The van der Waals surface area contributed by atoms with E-state index in [1.807, 2.05) is 12.1 Å². The molecule has 0 saturated heterocycles. The SMILES string of the molecule is CC1CC(C)CC(CN)(N(C)C(C)c2ccc(Cl)cc2)C1. The van der Waals surface area contributed by atoms with Crippen LogP contribution in [0.15, 0.2) is 24.3 Å². The zero-order valence-electron chi connectivity index (χ0n) is 13.8. The quantitative estimate of drug-likeness (QED) is 0.888. The van der Waals surface area contributed by atoms with E-state index in [9.17, 15) is 0 Å². The Bertz CT molecular complexity index is 447. The zero-order chi connectivity index (χ0) is 15.6. The molecule has 2 nitrogen and oxygen atoms in total. The highest BCUT2D eigenvalue weighted by Crippen LogP contribution is 2.41. The highest BCUT2D eigenvalue weighted by molar-refractivity contribution is 6.30. The summed E-state index contributed by atoms with van der Waals surface area (Å²) >= 11 is 6.00. The molecule has 0 radical (unpaired) electrons. The van der Waals surface area contributed by atoms with Crippen molar-refractivity contribution in [2.24, 2.45) is 17.6 Å². The lowest BCUT2D eigenvalue weighted by Crippen LogP contribution is -2.56. The predicted octanol–water partition coefficient (Wildman–Crippen LogP) is 4.49. The molecule has 0 heterocycles. The van der Waals surface area contributed by atoms with E-state index < -0.39 is 0 Å². The first-order chi connectivity index (χ1) is 9.88. The Morgan fingerprint density at radius 1 is 1.24 bits per heavy atom. The van der Waals surface area contributed by atoms with Gasteiger partial charge < -0.3 is 5.73 Å². The first-order valence-corrected chi connectivity index (χ1v) is 8.44. The molecule has 3 atom stereocenters. The summed E-state index contributed by atoms with van der Waals surface area (Å²) in [5, 5.41) is 0.794. The van der Waals surface area contributed by atoms with E-state index in [0.717, 1.165) is 23.4 Å². The minimum atomic E-state index is 0.121. The molecule has 0 aromatic heterocycles. The Hall–Kier alpha value is -0.570. The Morgan fingerprint density at radius 3 is 2.24 bits per heavy atom. The van der Waals surface area contributed by atoms with Crippen LogP contribution in [0.5, 0.6) is 0 Å². The van der Waals surface area contributed by atoms with E-state index in [1.54, 1.807) is 0 Å². The van der Waals surface area contributed by atoms with Crippen molar-refractivity contribution in [2.75, 3.05) is 13.6 Å². The molecule has 1 aliphatic carbocycles. The molecule has 0 bridgehead atoms. The summed E-state index contributed by atoms with van der Waals surface area (Å²) in [6.07, 6.45) is 3.72. The number of hydrogen-bond donors (Lipinski definition) is 1. The number of halogens is 1. The molecule has 0 spiro atoms. The summed E-state index contributed by atoms with van der Waals surface area (Å²) in [7, 11) is 2.23. The van der Waals surface area contributed by atoms with Gasteiger partial charge in [0.2, 0.25) is 0 Å². The number of nitrogens with zero attached hydrogens (tertiary/aromatic N) is 1. The molecule has 1 aromatic carbocycles. The number of likely N-dealkylation sites (N-methyl/N-ethyl adjacent to an activating group) is 1. The van der Waals surface area contributed by atoms with Crippen LogP contribution in [0.1, 0.15) is 51.6 Å². The maximum Gasteiger partial charge on any atom is 0.0406 e. The summed E-state index contributed by atoms with van der Waals surface area (Å²) in [4.78, 5) is 2.50. The highest BCUT2D eigenvalue weighted by Gasteiger charge is 2.41. The molecule has 2 rings (SSSR count). The molecule has 0 aliphatic heterocycles. The smallest absolute Gasteiger partial charge is 0.0406 e. The number of hydrogen-bond acceptors (Lipinski definition) is 2. The zero-order valence-corrected chi connectivity index (χ0v) is 14.5. The van der Waals surface area contributed by atoms with Crippen molar-refractivity contribution >= 4 is 11.6 Å². The minimum Gasteiger partial charge on any atom is -0.329 e. The lowest BCUT2D eigenvalue weighted by molar-refractivity contribution is 0.0130. The molecule has 2 N–H and O–H groups in total. The van der Waals surface area contributed by atoms with Crippen LogP contribution in [0.2, 0.25) is 5.02 Å². The van der Waals surface area contributed by atoms with E-state index >= 15 is 0 Å². The van der Waals surface area contributed by atoms with Crippen molar-refractivity contribution in [3.05, 3.63) is 34.9 Å². The molecular formula is C18H29ClN2. The van der Waals surface area contributed by atoms with Gasteiger partial charge in [-0.3, -0.25) is 4.90 Å². The van der Waals surface area contributed by atoms with Gasteiger partial charge in [0.1, 0.15) is 0 Å². The highest BCUT2D eigenvalue weighted by atomic mass is 35.5. The van der Waals surface area contributed by atoms with Crippen LogP contribution in [0.25, 0.3) is 0 Å². The van der Waals surface area contributed by atoms with E-state index in [2.05, 4.69) is 44.9 Å². The van der Waals surface area contributed by atoms with Gasteiger partial charge in [-0.15, -0.1) is 0 Å². The maximum absolute atomic E-state index is 6.24. The molecule has 1 saturated carbocycles. The minimum absolute atomic E-state index is 0.121. The first kappa shape index (κ1) is 16.8. The molecule has 118 valence electrons. The fourth-order valence-electron chi connectivity index (χ4n) is 4.21. The third-order valence-corrected chi connectivity index (χ3v) is 5.58. The van der Waals surface area contributed by atoms with Crippen LogP contribution in [-0.2, 0) is 0 Å². The molecule has 0 amide bonds. The molecule has 3 heteroatoms. The van der Waals surface area contributed by atoms with Gasteiger partial charge in [0.05, 0.1) is 0 Å². The van der Waals surface area contributed by atoms with Crippen LogP contribution in [0.4, 0.5) is 0 Å². The van der Waals surface area contributed by atoms with Gasteiger partial charge in [0, 0.05) is 23.1 Å². The largest absolute Gasteiger partial charge is 0.329 e. The Kier molecular flexibility index (Phi) is 5.34. The van der Waals surface area contributed by atoms with Gasteiger partial charge in [-0.1, -0.05) is 37.6 Å². The summed E-state index contributed by atoms with van der Waals surface area (Å²) in [5.41, 5.74) is 7.67. The Morgan fingerprint density at radius 2 is 1.76 bits per heavy atom. The molecule has 1 fully saturated rings. The summed E-state index contributed by atoms with van der Waals surface area (Å²) in [6.45, 7) is 7.72. The lowest BCUT2D eigenvalue weighted by Gasteiger charge is -2.50. The molecular weight excluding hydrogens is 280 g/mol. The fourth-order valence-corrected chi connectivity index (χ4v) is 4.33. The third-order valence-electron chi connectivity index (χ3n) is 5.32. The fraction of sp³-hybridized carbons (Fsp3) is 0.667. The van der Waals surface area contributed by atoms with Gasteiger partial charge in [0.25, 0.3) is 0 Å². The van der Waals surface area contributed by atoms with Crippen molar-refractivity contribution < 1.29 is 0 Å². The topological polar surface area (TPSA) is 29.3 Å². The Balaban J connectivity index is 2.22. The number of benzene rings is 1. The summed E-state index contributed by atoms with van der Waals surface area (Å²) in [5.74, 6) is 1.49. The van der Waals surface area contributed by atoms with Crippen LogP contribution in [0.3, 0.4) is 0 Å². The molecule has 3 unspecified atom stereocenters. The summed E-state index contributed by atoms with van der Waals surface area (Å²) < 4.78 is 0. The van der Waals surface area contributed by atoms with E-state index in [1.165, 1.54) is 24.8 Å². The van der Waals surface area contributed by atoms with E-state index in [4.69, 9.17) is 17.3 Å². The number of nitrogens with two attached hydrogens (primary N) is 1. The second-order valence-electron chi connectivity index (χ2n) is 7.12. The van der Waals surface area contributed by atoms with Crippen LogP contribution < -0.4 is 5.73 Å². The molecule has 1 aromatic rings. The van der Waals surface area contributed by atoms with Crippen molar-refractivity contribution in [2.45, 2.75) is 51.6 Å². The standard InChI is InChI=1S/C18H29ClN2/c1-13-9-14(2)11-18(10-13,12-20)21(4)15(3)16-5-7-17(19)8-6-16/h5-8,13-15H,9-12,20H2,1-4H3. The molecule has 21 heavy (non-hydrogen) atoms. The Labute approximate surface area is 134 Å². The van der Waals surface area contributed by atoms with Gasteiger partial charge >= 0.3 is 0 Å². The van der Waals surface area contributed by atoms with Crippen LogP contribution in [0, 0.1) is 11.8 Å². The van der Waals surface area contributed by atoms with E-state index in [-0.39, 0.29) is 5.54 Å². The van der Waals surface area contributed by atoms with Gasteiger partial charge in [-0.05, 0) is 62.8 Å². The average molecular weight is 309 g/mol. The number of rotatable bonds is 4. The average Bonchev–Trinajstić information content (AvgIpc) is 2.45. The van der Waals surface area contributed by atoms with Crippen LogP contribution in [-0.4, -0.2) is 24.0 Å². The van der Waals surface area contributed by atoms with Crippen molar-refractivity contribution in [3.63, 3.8) is 0 Å². The lowest BCUT2D eigenvalue weighted by atomic mass is 9.70. The summed E-state index contributed by atoms with van der Waals surface area (Å²) in [6, 6.07) is 8.56. The normalized spacial score (nSPS) is 31.4. The van der Waals surface area contributed by atoms with E-state index in [0.29, 0.717) is 6.04 Å². The second-order valence-corrected chi connectivity index (χ2v) is 7.56. The van der Waals surface area contributed by atoms with Crippen molar-refractivity contribution in [1.29, 1.82) is 0 Å². The van der Waals surface area contributed by atoms with Gasteiger partial charge in [-0.2, -0.15) is 0 Å². The van der Waals surface area contributed by atoms with Crippen molar-refractivity contribution in [1.82, 2.24) is 4.90 Å².